The molecule has 0 spiro atoms. The first-order valence-electron chi connectivity index (χ1n) is 11.4. The summed E-state index contributed by atoms with van der Waals surface area (Å²) in [7, 11) is 0. The van der Waals surface area contributed by atoms with Crippen molar-refractivity contribution >= 4 is 23.2 Å². The number of ether oxygens (including phenoxy) is 2. The van der Waals surface area contributed by atoms with Crippen LogP contribution in [0.3, 0.4) is 0 Å². The Labute approximate surface area is 201 Å². The van der Waals surface area contributed by atoms with Crippen LogP contribution in [0.15, 0.2) is 72.8 Å². The minimum absolute atomic E-state index is 0.0245. The Morgan fingerprint density at radius 3 is 2.00 bits per heavy atom. The van der Waals surface area contributed by atoms with Crippen molar-refractivity contribution in [2.75, 3.05) is 30.5 Å². The van der Waals surface area contributed by atoms with E-state index in [1.54, 1.807) is 48.5 Å². The lowest BCUT2D eigenvalue weighted by molar-refractivity contribution is 0.101. The standard InChI is InChI=1S/C28H32N2O4/c1-5-33-16-17-34-25-11-6-8-21(18-25)27(32)30-24-10-7-9-23(19-24)29-26(31)20-12-14-22(15-13-20)28(2,3)4/h6-15,18-19H,5,16-17H2,1-4H3,(H,29,31)(H,30,32). The highest BCUT2D eigenvalue weighted by Gasteiger charge is 2.15. The van der Waals surface area contributed by atoms with Crippen LogP contribution in [0, 0.1) is 0 Å². The maximum Gasteiger partial charge on any atom is 0.255 e. The lowest BCUT2D eigenvalue weighted by Crippen LogP contribution is -2.15. The molecule has 6 heteroatoms. The van der Waals surface area contributed by atoms with E-state index in [9.17, 15) is 9.59 Å². The maximum atomic E-state index is 12.7. The van der Waals surface area contributed by atoms with Gasteiger partial charge in [0.05, 0.1) is 6.61 Å². The van der Waals surface area contributed by atoms with Crippen LogP contribution in [-0.4, -0.2) is 31.6 Å². The quantitative estimate of drug-likeness (QED) is 0.390. The number of amides is 2. The molecule has 2 amide bonds. The molecule has 3 aromatic carbocycles. The molecule has 2 N–H and O–H groups in total. The van der Waals surface area contributed by atoms with Crippen molar-refractivity contribution in [1.29, 1.82) is 0 Å². The summed E-state index contributed by atoms with van der Waals surface area (Å²) in [6.45, 7) is 9.87. The van der Waals surface area contributed by atoms with E-state index in [4.69, 9.17) is 9.47 Å². The smallest absolute Gasteiger partial charge is 0.255 e. The Bertz CT molecular complexity index is 1120. The van der Waals surface area contributed by atoms with Crippen molar-refractivity contribution in [3.8, 4) is 5.75 Å². The van der Waals surface area contributed by atoms with Crippen molar-refractivity contribution in [3.05, 3.63) is 89.5 Å². The van der Waals surface area contributed by atoms with Gasteiger partial charge in [-0.2, -0.15) is 0 Å². The fourth-order valence-corrected chi connectivity index (χ4v) is 3.29. The van der Waals surface area contributed by atoms with Crippen LogP contribution >= 0.6 is 0 Å². The number of carbonyl (C=O) groups is 2. The summed E-state index contributed by atoms with van der Waals surface area (Å²) >= 11 is 0. The van der Waals surface area contributed by atoms with Crippen molar-refractivity contribution < 1.29 is 19.1 Å². The van der Waals surface area contributed by atoms with Crippen LogP contribution in [0.2, 0.25) is 0 Å². The second-order valence-corrected chi connectivity index (χ2v) is 8.89. The van der Waals surface area contributed by atoms with Gasteiger partial charge in [-0.15, -0.1) is 0 Å². The van der Waals surface area contributed by atoms with E-state index in [-0.39, 0.29) is 17.2 Å². The van der Waals surface area contributed by atoms with Gasteiger partial charge in [0.25, 0.3) is 11.8 Å². The number of rotatable bonds is 9. The highest BCUT2D eigenvalue weighted by Crippen LogP contribution is 2.23. The number of hydrogen-bond acceptors (Lipinski definition) is 4. The van der Waals surface area contributed by atoms with Gasteiger partial charge in [0.2, 0.25) is 0 Å². The third-order valence-corrected chi connectivity index (χ3v) is 5.19. The number of nitrogens with one attached hydrogen (secondary N) is 2. The van der Waals surface area contributed by atoms with Crippen LogP contribution in [0.4, 0.5) is 11.4 Å². The Kier molecular flexibility index (Phi) is 8.44. The Morgan fingerprint density at radius 1 is 0.765 bits per heavy atom. The van der Waals surface area contributed by atoms with Crippen LogP contribution in [0.1, 0.15) is 54.0 Å². The topological polar surface area (TPSA) is 76.7 Å². The van der Waals surface area contributed by atoms with Gasteiger partial charge in [-0.25, -0.2) is 0 Å². The predicted octanol–water partition coefficient (Wildman–Crippen LogP) is 5.90. The van der Waals surface area contributed by atoms with E-state index in [1.165, 1.54) is 0 Å². The first-order valence-corrected chi connectivity index (χ1v) is 11.4. The molecule has 0 bridgehead atoms. The first kappa shape index (κ1) is 25.0. The minimum atomic E-state index is -0.267. The lowest BCUT2D eigenvalue weighted by Gasteiger charge is -2.19. The van der Waals surface area contributed by atoms with Crippen LogP contribution in [-0.2, 0) is 10.2 Å². The molecule has 0 saturated carbocycles. The third kappa shape index (κ3) is 7.18. The third-order valence-electron chi connectivity index (χ3n) is 5.19. The molecule has 6 nitrogen and oxygen atoms in total. The molecule has 34 heavy (non-hydrogen) atoms. The molecule has 0 aliphatic carbocycles. The summed E-state index contributed by atoms with van der Waals surface area (Å²) in [6, 6.07) is 21.6. The second-order valence-electron chi connectivity index (χ2n) is 8.89. The zero-order chi connectivity index (χ0) is 24.6. The van der Waals surface area contributed by atoms with Crippen LogP contribution < -0.4 is 15.4 Å². The molecule has 178 valence electrons. The molecule has 0 aliphatic heterocycles. The summed E-state index contributed by atoms with van der Waals surface area (Å²) in [5, 5.41) is 5.76. The number of carbonyl (C=O) groups excluding carboxylic acids is 2. The molecule has 0 saturated heterocycles. The van der Waals surface area contributed by atoms with Crippen molar-refractivity contribution in [2.45, 2.75) is 33.1 Å². The average molecular weight is 461 g/mol. The molecular weight excluding hydrogens is 428 g/mol. The van der Waals surface area contributed by atoms with Gasteiger partial charge < -0.3 is 20.1 Å². The number of anilines is 2. The Hall–Kier alpha value is -3.64. The SMILES string of the molecule is CCOCCOc1cccc(C(=O)Nc2cccc(NC(=O)c3ccc(C(C)(C)C)cc3)c2)c1. The van der Waals surface area contributed by atoms with Gasteiger partial charge in [-0.3, -0.25) is 9.59 Å². The van der Waals surface area contributed by atoms with E-state index in [1.807, 2.05) is 31.2 Å². The van der Waals surface area contributed by atoms with Gasteiger partial charge >= 0.3 is 0 Å². The molecule has 0 radical (unpaired) electrons. The van der Waals surface area contributed by atoms with E-state index in [0.717, 1.165) is 5.56 Å². The summed E-state index contributed by atoms with van der Waals surface area (Å²) in [6.07, 6.45) is 0. The average Bonchev–Trinajstić information content (AvgIpc) is 2.82. The second kappa shape index (κ2) is 11.5. The molecule has 0 unspecified atom stereocenters. The van der Waals surface area contributed by atoms with Crippen molar-refractivity contribution in [2.24, 2.45) is 0 Å². The maximum absolute atomic E-state index is 12.7. The molecular formula is C28H32N2O4. The summed E-state index contributed by atoms with van der Waals surface area (Å²) in [4.78, 5) is 25.4. The fourth-order valence-electron chi connectivity index (χ4n) is 3.29. The largest absolute Gasteiger partial charge is 0.491 e. The summed E-state index contributed by atoms with van der Waals surface area (Å²) < 4.78 is 10.9. The van der Waals surface area contributed by atoms with E-state index < -0.39 is 0 Å². The molecule has 3 rings (SSSR count). The first-order chi connectivity index (χ1) is 16.3. The van der Waals surface area contributed by atoms with Gasteiger partial charge in [0.1, 0.15) is 12.4 Å². The van der Waals surface area contributed by atoms with Crippen molar-refractivity contribution in [3.63, 3.8) is 0 Å². The lowest BCUT2D eigenvalue weighted by atomic mass is 9.87. The monoisotopic (exact) mass is 460 g/mol. The molecule has 0 fully saturated rings. The highest BCUT2D eigenvalue weighted by molar-refractivity contribution is 6.06. The Morgan fingerprint density at radius 2 is 1.38 bits per heavy atom. The van der Waals surface area contributed by atoms with Crippen LogP contribution in [0.5, 0.6) is 5.75 Å². The molecule has 0 atom stereocenters. The molecule has 0 aromatic heterocycles. The van der Waals surface area contributed by atoms with Gasteiger partial charge in [0, 0.05) is 29.1 Å². The van der Waals surface area contributed by atoms with Gasteiger partial charge in [-0.05, 0) is 66.4 Å². The number of benzene rings is 3. The van der Waals surface area contributed by atoms with Gasteiger partial charge in [0.15, 0.2) is 0 Å². The predicted molar refractivity (Wildman–Crippen MR) is 136 cm³/mol. The number of hydrogen-bond donors (Lipinski definition) is 2. The normalized spacial score (nSPS) is 11.1. The molecule has 0 heterocycles. The van der Waals surface area contributed by atoms with Crippen molar-refractivity contribution in [1.82, 2.24) is 0 Å². The zero-order valence-electron chi connectivity index (χ0n) is 20.2. The van der Waals surface area contributed by atoms with Gasteiger partial charge in [-0.1, -0.05) is 45.0 Å². The van der Waals surface area contributed by atoms with E-state index in [2.05, 4.69) is 31.4 Å². The van der Waals surface area contributed by atoms with E-state index >= 15 is 0 Å². The Balaban J connectivity index is 1.62. The highest BCUT2D eigenvalue weighted by atomic mass is 16.5. The minimum Gasteiger partial charge on any atom is -0.491 e. The summed E-state index contributed by atoms with van der Waals surface area (Å²) in [5.74, 6) is 0.128. The molecule has 0 aliphatic rings. The van der Waals surface area contributed by atoms with E-state index in [0.29, 0.717) is 48.1 Å². The molecule has 3 aromatic rings. The fraction of sp³-hybridized carbons (Fsp3) is 0.286. The van der Waals surface area contributed by atoms with Crippen LogP contribution in [0.25, 0.3) is 0 Å². The summed E-state index contributed by atoms with van der Waals surface area (Å²) in [5.41, 5.74) is 3.41. The zero-order valence-corrected chi connectivity index (χ0v) is 20.2.